The maximum Gasteiger partial charge on any atom is 0.243 e. The highest BCUT2D eigenvalue weighted by Gasteiger charge is 2.10. The number of carbonyl (C=O) groups excluding carboxylic acids is 1. The van der Waals surface area contributed by atoms with Gasteiger partial charge in [0.2, 0.25) is 5.91 Å². The zero-order valence-corrected chi connectivity index (χ0v) is 15.4. The van der Waals surface area contributed by atoms with Gasteiger partial charge in [-0.2, -0.15) is 0 Å². The molecule has 0 aromatic heterocycles. The fourth-order valence-corrected chi connectivity index (χ4v) is 2.57. The van der Waals surface area contributed by atoms with Crippen LogP contribution in [0.4, 0.5) is 11.4 Å². The van der Waals surface area contributed by atoms with Crippen molar-refractivity contribution in [2.24, 2.45) is 0 Å². The van der Waals surface area contributed by atoms with Crippen molar-refractivity contribution in [3.05, 3.63) is 47.0 Å². The molecule has 0 spiro atoms. The minimum atomic E-state index is -0.177. The number of aryl methyl sites for hydroxylation is 1. The third kappa shape index (κ3) is 5.57. The number of hydrogen-bond donors (Lipinski definition) is 2. The Morgan fingerprint density at radius 1 is 1.04 bits per heavy atom. The zero-order valence-electron chi connectivity index (χ0n) is 14.7. The van der Waals surface area contributed by atoms with Crippen LogP contribution in [0.15, 0.2) is 36.4 Å². The molecule has 25 heavy (non-hydrogen) atoms. The van der Waals surface area contributed by atoms with E-state index in [1.165, 1.54) is 0 Å². The quantitative estimate of drug-likeness (QED) is 0.726. The van der Waals surface area contributed by atoms with Crippen LogP contribution >= 0.6 is 11.6 Å². The van der Waals surface area contributed by atoms with E-state index in [4.69, 9.17) is 21.1 Å². The third-order valence-corrected chi connectivity index (χ3v) is 3.70. The largest absolute Gasteiger partial charge is 0.494 e. The first kappa shape index (κ1) is 18.9. The molecule has 0 aliphatic carbocycles. The van der Waals surface area contributed by atoms with Gasteiger partial charge in [-0.25, -0.2) is 0 Å². The second kappa shape index (κ2) is 9.18. The maximum atomic E-state index is 12.3. The predicted octanol–water partition coefficient (Wildman–Crippen LogP) is 4.50. The average Bonchev–Trinajstić information content (AvgIpc) is 2.57. The third-order valence-electron chi connectivity index (χ3n) is 3.46. The molecule has 0 bridgehead atoms. The summed E-state index contributed by atoms with van der Waals surface area (Å²) < 4.78 is 11.0. The van der Waals surface area contributed by atoms with Crippen LogP contribution in [0, 0.1) is 6.92 Å². The van der Waals surface area contributed by atoms with Crippen molar-refractivity contribution in [3.63, 3.8) is 0 Å². The van der Waals surface area contributed by atoms with Gasteiger partial charge in [-0.3, -0.25) is 4.79 Å². The second-order valence-electron chi connectivity index (χ2n) is 5.38. The van der Waals surface area contributed by atoms with E-state index in [0.717, 1.165) is 11.3 Å². The van der Waals surface area contributed by atoms with Crippen molar-refractivity contribution in [2.75, 3.05) is 30.4 Å². The fraction of sp³-hybridized carbons (Fsp3) is 0.316. The van der Waals surface area contributed by atoms with Gasteiger partial charge in [0.1, 0.15) is 11.5 Å². The summed E-state index contributed by atoms with van der Waals surface area (Å²) in [6.07, 6.45) is 0. The van der Waals surface area contributed by atoms with E-state index >= 15 is 0 Å². The highest BCUT2D eigenvalue weighted by Crippen LogP contribution is 2.29. The van der Waals surface area contributed by atoms with Crippen LogP contribution in [0.25, 0.3) is 0 Å². The summed E-state index contributed by atoms with van der Waals surface area (Å²) in [5.74, 6) is 1.12. The Hall–Kier alpha value is -2.40. The van der Waals surface area contributed by atoms with E-state index < -0.39 is 0 Å². The van der Waals surface area contributed by atoms with Crippen LogP contribution in [-0.2, 0) is 4.79 Å². The highest BCUT2D eigenvalue weighted by atomic mass is 35.5. The van der Waals surface area contributed by atoms with E-state index in [1.807, 2.05) is 39.0 Å². The number of hydrogen-bond acceptors (Lipinski definition) is 4. The monoisotopic (exact) mass is 362 g/mol. The smallest absolute Gasteiger partial charge is 0.243 e. The fourth-order valence-electron chi connectivity index (χ4n) is 2.34. The minimum Gasteiger partial charge on any atom is -0.494 e. The van der Waals surface area contributed by atoms with Gasteiger partial charge in [-0.05, 0) is 56.7 Å². The van der Waals surface area contributed by atoms with E-state index in [1.54, 1.807) is 18.2 Å². The van der Waals surface area contributed by atoms with Crippen LogP contribution in [0.1, 0.15) is 19.4 Å². The summed E-state index contributed by atoms with van der Waals surface area (Å²) in [4.78, 5) is 12.3. The Kier molecular flexibility index (Phi) is 6.95. The van der Waals surface area contributed by atoms with Gasteiger partial charge in [-0.15, -0.1) is 0 Å². The molecule has 2 aromatic carbocycles. The lowest BCUT2D eigenvalue weighted by Crippen LogP contribution is -2.22. The lowest BCUT2D eigenvalue weighted by Gasteiger charge is -2.14. The lowest BCUT2D eigenvalue weighted by molar-refractivity contribution is -0.114. The van der Waals surface area contributed by atoms with Crippen LogP contribution in [-0.4, -0.2) is 25.7 Å². The number of anilines is 2. The first-order chi connectivity index (χ1) is 12.0. The number of carbonyl (C=O) groups is 1. The van der Waals surface area contributed by atoms with Gasteiger partial charge < -0.3 is 20.1 Å². The molecular weight excluding hydrogens is 340 g/mol. The highest BCUT2D eigenvalue weighted by molar-refractivity contribution is 6.30. The first-order valence-electron chi connectivity index (χ1n) is 8.23. The predicted molar refractivity (Wildman–Crippen MR) is 102 cm³/mol. The van der Waals surface area contributed by atoms with E-state index in [-0.39, 0.29) is 12.5 Å². The van der Waals surface area contributed by atoms with Crippen LogP contribution in [0.5, 0.6) is 11.5 Å². The molecule has 0 aliphatic heterocycles. The summed E-state index contributed by atoms with van der Waals surface area (Å²) in [7, 11) is 0. The van der Waals surface area contributed by atoms with Gasteiger partial charge in [0.05, 0.1) is 25.4 Å². The zero-order chi connectivity index (χ0) is 18.2. The van der Waals surface area contributed by atoms with Crippen molar-refractivity contribution in [2.45, 2.75) is 20.8 Å². The topological polar surface area (TPSA) is 59.6 Å². The van der Waals surface area contributed by atoms with Crippen molar-refractivity contribution >= 4 is 28.9 Å². The summed E-state index contributed by atoms with van der Waals surface area (Å²) in [6.45, 7) is 6.94. The van der Waals surface area contributed by atoms with Crippen LogP contribution in [0.3, 0.4) is 0 Å². The van der Waals surface area contributed by atoms with Gasteiger partial charge >= 0.3 is 0 Å². The Morgan fingerprint density at radius 2 is 1.80 bits per heavy atom. The number of ether oxygens (including phenoxy) is 2. The molecule has 0 heterocycles. The van der Waals surface area contributed by atoms with Gasteiger partial charge in [0.15, 0.2) is 0 Å². The van der Waals surface area contributed by atoms with E-state index in [2.05, 4.69) is 10.6 Å². The molecule has 0 unspecified atom stereocenters. The summed E-state index contributed by atoms with van der Waals surface area (Å²) in [5, 5.41) is 6.64. The molecule has 134 valence electrons. The molecule has 0 fully saturated rings. The minimum absolute atomic E-state index is 0.132. The van der Waals surface area contributed by atoms with Crippen LogP contribution in [0.2, 0.25) is 5.02 Å². The van der Waals surface area contributed by atoms with Gasteiger partial charge in [-0.1, -0.05) is 11.6 Å². The normalized spacial score (nSPS) is 10.2. The van der Waals surface area contributed by atoms with Crippen molar-refractivity contribution < 1.29 is 14.3 Å². The molecule has 0 saturated carbocycles. The SMILES string of the molecule is CCOc1ccc(OCC)c(NC(=O)CNc2ccc(Cl)cc2C)c1. The van der Waals surface area contributed by atoms with Gasteiger partial charge in [0.25, 0.3) is 0 Å². The molecule has 2 aromatic rings. The number of amides is 1. The Bertz CT molecular complexity index is 735. The average molecular weight is 363 g/mol. The van der Waals surface area contributed by atoms with Gasteiger partial charge in [0, 0.05) is 16.8 Å². The Morgan fingerprint density at radius 3 is 2.48 bits per heavy atom. The molecule has 0 atom stereocenters. The van der Waals surface area contributed by atoms with E-state index in [0.29, 0.717) is 35.4 Å². The molecule has 0 radical (unpaired) electrons. The molecule has 2 N–H and O–H groups in total. The lowest BCUT2D eigenvalue weighted by atomic mass is 10.2. The van der Waals surface area contributed by atoms with E-state index in [9.17, 15) is 4.79 Å². The molecular formula is C19H23ClN2O3. The number of benzene rings is 2. The van der Waals surface area contributed by atoms with Crippen LogP contribution < -0.4 is 20.1 Å². The second-order valence-corrected chi connectivity index (χ2v) is 5.82. The molecule has 6 heteroatoms. The molecule has 1 amide bonds. The Labute approximate surface area is 153 Å². The number of halogens is 1. The standard InChI is InChI=1S/C19H23ClN2O3/c1-4-24-15-7-9-18(25-5-2)17(11-15)22-19(23)12-21-16-8-6-14(20)10-13(16)3/h6-11,21H,4-5,12H2,1-3H3,(H,22,23). The Balaban J connectivity index is 2.04. The molecule has 0 aliphatic rings. The summed E-state index contributed by atoms with van der Waals surface area (Å²) in [5.41, 5.74) is 2.44. The molecule has 5 nitrogen and oxygen atoms in total. The van der Waals surface area contributed by atoms with Crippen molar-refractivity contribution in [3.8, 4) is 11.5 Å². The molecule has 2 rings (SSSR count). The van der Waals surface area contributed by atoms with Crippen molar-refractivity contribution in [1.82, 2.24) is 0 Å². The number of rotatable bonds is 8. The number of nitrogens with one attached hydrogen (secondary N) is 2. The summed E-state index contributed by atoms with van der Waals surface area (Å²) in [6, 6.07) is 10.9. The maximum absolute atomic E-state index is 12.3. The molecule has 0 saturated heterocycles. The van der Waals surface area contributed by atoms with Crippen molar-refractivity contribution in [1.29, 1.82) is 0 Å². The summed E-state index contributed by atoms with van der Waals surface area (Å²) >= 11 is 5.94. The first-order valence-corrected chi connectivity index (χ1v) is 8.60.